The predicted molar refractivity (Wildman–Crippen MR) is 106 cm³/mol. The van der Waals surface area contributed by atoms with Crippen molar-refractivity contribution in [2.24, 2.45) is 0 Å². The first-order valence-corrected chi connectivity index (χ1v) is 9.50. The molecular formula is C22H16F3N3O3. The lowest BCUT2D eigenvalue weighted by atomic mass is 9.95. The third kappa shape index (κ3) is 3.00. The first-order valence-electron chi connectivity index (χ1n) is 9.50. The summed E-state index contributed by atoms with van der Waals surface area (Å²) in [6.07, 6.45) is 3.14. The van der Waals surface area contributed by atoms with Crippen LogP contribution in [0.5, 0.6) is 0 Å². The van der Waals surface area contributed by atoms with Crippen molar-refractivity contribution >= 4 is 22.2 Å². The Morgan fingerprint density at radius 3 is 2.65 bits per heavy atom. The lowest BCUT2D eigenvalue weighted by Crippen LogP contribution is -2.37. The fourth-order valence-electron chi connectivity index (χ4n) is 4.11. The summed E-state index contributed by atoms with van der Waals surface area (Å²) in [6, 6.07) is 5.42. The number of fused-ring (bicyclic) bond motifs is 4. The van der Waals surface area contributed by atoms with E-state index in [4.69, 9.17) is 4.74 Å². The van der Waals surface area contributed by atoms with Gasteiger partial charge in [0.15, 0.2) is 11.6 Å². The molecule has 5 rings (SSSR count). The number of aromatic amines is 1. The lowest BCUT2D eigenvalue weighted by molar-refractivity contribution is 0.0336. The number of likely N-dealkylation sites (N-methyl/N-ethyl adjacent to an activating group) is 1. The van der Waals surface area contributed by atoms with Gasteiger partial charge in [0, 0.05) is 30.7 Å². The summed E-state index contributed by atoms with van der Waals surface area (Å²) in [4.78, 5) is 29.6. The van der Waals surface area contributed by atoms with Crippen molar-refractivity contribution < 1.29 is 22.7 Å². The molecule has 1 amide bonds. The Balaban J connectivity index is 1.62. The fourth-order valence-corrected chi connectivity index (χ4v) is 4.11. The average Bonchev–Trinajstić information content (AvgIpc) is 3.19. The number of H-pyrrole nitrogens is 1. The van der Waals surface area contributed by atoms with Crippen molar-refractivity contribution in [1.29, 1.82) is 0 Å². The minimum absolute atomic E-state index is 0.0120. The lowest BCUT2D eigenvalue weighted by Gasteiger charge is -2.33. The highest BCUT2D eigenvalue weighted by Crippen LogP contribution is 2.34. The molecule has 31 heavy (non-hydrogen) atoms. The SMILES string of the molecule is CN(C(=O)c1cc2c(F)cccn2c1)[C@@H]1COCc2[nH]c(=O)c3cc(F)c(F)cc3c21. The van der Waals surface area contributed by atoms with Crippen LogP contribution in [-0.4, -0.2) is 33.8 Å². The van der Waals surface area contributed by atoms with Gasteiger partial charge in [-0.05, 0) is 35.7 Å². The number of carbonyl (C=O) groups is 1. The number of hydrogen-bond donors (Lipinski definition) is 1. The molecular weight excluding hydrogens is 411 g/mol. The van der Waals surface area contributed by atoms with E-state index in [1.165, 1.54) is 33.7 Å². The van der Waals surface area contributed by atoms with Crippen molar-refractivity contribution in [3.05, 3.63) is 87.4 Å². The highest BCUT2D eigenvalue weighted by atomic mass is 19.2. The van der Waals surface area contributed by atoms with E-state index in [9.17, 15) is 22.8 Å². The van der Waals surface area contributed by atoms with Crippen molar-refractivity contribution in [2.45, 2.75) is 12.6 Å². The van der Waals surface area contributed by atoms with Gasteiger partial charge < -0.3 is 19.0 Å². The Hall–Kier alpha value is -3.59. The van der Waals surface area contributed by atoms with Crippen LogP contribution in [0.2, 0.25) is 0 Å². The van der Waals surface area contributed by atoms with Gasteiger partial charge in [-0.25, -0.2) is 13.2 Å². The smallest absolute Gasteiger partial charge is 0.256 e. The molecule has 1 aliphatic rings. The Morgan fingerprint density at radius 2 is 1.90 bits per heavy atom. The van der Waals surface area contributed by atoms with E-state index in [1.807, 2.05) is 0 Å². The molecule has 0 aliphatic carbocycles. The first kappa shape index (κ1) is 19.4. The van der Waals surface area contributed by atoms with E-state index in [1.54, 1.807) is 13.2 Å². The second-order valence-corrected chi connectivity index (χ2v) is 7.48. The number of pyridine rings is 2. The van der Waals surface area contributed by atoms with Crippen LogP contribution in [0.25, 0.3) is 16.3 Å². The number of benzene rings is 1. The number of carbonyl (C=O) groups excluding carboxylic acids is 1. The molecule has 0 unspecified atom stereocenters. The summed E-state index contributed by atoms with van der Waals surface area (Å²) in [7, 11) is 1.54. The van der Waals surface area contributed by atoms with Crippen LogP contribution < -0.4 is 5.56 Å². The minimum atomic E-state index is -1.13. The molecule has 3 aromatic heterocycles. The maximum Gasteiger partial charge on any atom is 0.256 e. The van der Waals surface area contributed by atoms with Gasteiger partial charge in [0.25, 0.3) is 11.5 Å². The second-order valence-electron chi connectivity index (χ2n) is 7.48. The normalized spacial score (nSPS) is 15.9. The molecule has 1 atom stereocenters. The number of halogens is 3. The van der Waals surface area contributed by atoms with Crippen LogP contribution in [0.1, 0.15) is 27.7 Å². The molecule has 0 bridgehead atoms. The highest BCUT2D eigenvalue weighted by Gasteiger charge is 2.32. The molecule has 1 aliphatic heterocycles. The number of nitrogens with one attached hydrogen (secondary N) is 1. The molecule has 9 heteroatoms. The summed E-state index contributed by atoms with van der Waals surface area (Å²) in [5.74, 6) is -3.09. The maximum absolute atomic E-state index is 14.0. The molecule has 4 heterocycles. The molecule has 0 saturated heterocycles. The largest absolute Gasteiger partial charge is 0.373 e. The molecule has 0 spiro atoms. The Labute approximate surface area is 173 Å². The van der Waals surface area contributed by atoms with E-state index in [-0.39, 0.29) is 35.1 Å². The van der Waals surface area contributed by atoms with E-state index in [0.717, 1.165) is 12.1 Å². The minimum Gasteiger partial charge on any atom is -0.373 e. The van der Waals surface area contributed by atoms with Crippen LogP contribution in [0, 0.1) is 17.5 Å². The zero-order valence-electron chi connectivity index (χ0n) is 16.3. The van der Waals surface area contributed by atoms with Gasteiger partial charge in [-0.3, -0.25) is 9.59 Å². The average molecular weight is 427 g/mol. The Kier molecular flexibility index (Phi) is 4.37. The second kappa shape index (κ2) is 6.98. The Morgan fingerprint density at radius 1 is 1.16 bits per heavy atom. The fraction of sp³-hybridized carbons (Fsp3) is 0.182. The quantitative estimate of drug-likeness (QED) is 0.532. The number of amides is 1. The van der Waals surface area contributed by atoms with E-state index >= 15 is 0 Å². The monoisotopic (exact) mass is 427 g/mol. The van der Waals surface area contributed by atoms with Gasteiger partial charge in [0.05, 0.1) is 35.7 Å². The number of rotatable bonds is 2. The Bertz CT molecular complexity index is 1430. The molecule has 0 radical (unpaired) electrons. The van der Waals surface area contributed by atoms with Crippen molar-refractivity contribution in [3.8, 4) is 0 Å². The zero-order valence-corrected chi connectivity index (χ0v) is 16.3. The number of hydrogen-bond acceptors (Lipinski definition) is 3. The van der Waals surface area contributed by atoms with Crippen molar-refractivity contribution in [2.75, 3.05) is 13.7 Å². The van der Waals surface area contributed by atoms with Crippen LogP contribution in [0.15, 0.2) is 47.5 Å². The molecule has 1 aromatic carbocycles. The van der Waals surface area contributed by atoms with Gasteiger partial charge in [0.2, 0.25) is 0 Å². The number of nitrogens with zero attached hydrogens (tertiary/aromatic N) is 2. The van der Waals surface area contributed by atoms with E-state index in [0.29, 0.717) is 11.3 Å². The third-order valence-electron chi connectivity index (χ3n) is 5.66. The van der Waals surface area contributed by atoms with Gasteiger partial charge in [-0.15, -0.1) is 0 Å². The third-order valence-corrected chi connectivity index (χ3v) is 5.66. The number of ether oxygens (including phenoxy) is 1. The highest BCUT2D eigenvalue weighted by molar-refractivity contribution is 5.96. The standard InChI is InChI=1S/C22H16F3N3O3/c1-27(22(30)11-5-18-14(23)3-2-4-28(18)8-11)19-10-31-9-17-20(19)12-6-15(24)16(25)7-13(12)21(29)26-17/h2-8,19H,9-10H2,1H3,(H,26,29)/t19-/m1/s1. The summed E-state index contributed by atoms with van der Waals surface area (Å²) in [5.41, 5.74) is 0.829. The molecule has 158 valence electrons. The molecule has 1 N–H and O–H groups in total. The molecule has 4 aromatic rings. The predicted octanol–water partition coefficient (Wildman–Crippen LogP) is 3.54. The van der Waals surface area contributed by atoms with E-state index in [2.05, 4.69) is 4.98 Å². The van der Waals surface area contributed by atoms with Gasteiger partial charge >= 0.3 is 0 Å². The first-order chi connectivity index (χ1) is 14.8. The topological polar surface area (TPSA) is 66.8 Å². The molecule has 0 fully saturated rings. The number of aromatic nitrogens is 2. The summed E-state index contributed by atoms with van der Waals surface area (Å²) in [6.45, 7) is 0.163. The molecule has 0 saturated carbocycles. The zero-order chi connectivity index (χ0) is 21.9. The van der Waals surface area contributed by atoms with Crippen LogP contribution in [0.3, 0.4) is 0 Å². The van der Waals surface area contributed by atoms with Gasteiger partial charge in [0.1, 0.15) is 5.82 Å². The van der Waals surface area contributed by atoms with Crippen molar-refractivity contribution in [3.63, 3.8) is 0 Å². The van der Waals surface area contributed by atoms with Crippen molar-refractivity contribution in [1.82, 2.24) is 14.3 Å². The van der Waals surface area contributed by atoms with Crippen LogP contribution in [0.4, 0.5) is 13.2 Å². The summed E-state index contributed by atoms with van der Waals surface area (Å²) in [5, 5.41) is 0.209. The maximum atomic E-state index is 14.0. The van der Waals surface area contributed by atoms with Crippen LogP contribution >= 0.6 is 0 Å². The summed E-state index contributed by atoms with van der Waals surface area (Å²) >= 11 is 0. The van der Waals surface area contributed by atoms with E-state index < -0.39 is 35.0 Å². The summed E-state index contributed by atoms with van der Waals surface area (Å²) < 4.78 is 48.9. The van der Waals surface area contributed by atoms with Gasteiger partial charge in [-0.2, -0.15) is 0 Å². The van der Waals surface area contributed by atoms with Crippen LogP contribution in [-0.2, 0) is 11.3 Å². The van der Waals surface area contributed by atoms with Gasteiger partial charge in [-0.1, -0.05) is 0 Å². The molecule has 6 nitrogen and oxygen atoms in total.